The standard InChI is InChI=1S/C32H32N8O3/c1-19-16-35-32(36-27-15-20(2)39(3)38-27)37-29(19)24-17-34-30-22(24)8-6-10-26(30)40-18-25-21(7-5-9-23(25)31(40)42)11-12-28(41)33-13-14-43-4/h5-12,15-17,34H,13-14,18H2,1-4H3,(H,33,41)(H,35,36,37,38)/b12-11+. The smallest absolute Gasteiger partial charge is 0.259 e. The fourth-order valence-electron chi connectivity index (χ4n) is 5.28. The van der Waals surface area contributed by atoms with Gasteiger partial charge in [-0.05, 0) is 48.7 Å². The van der Waals surface area contributed by atoms with Gasteiger partial charge in [0.05, 0.1) is 30.0 Å². The van der Waals surface area contributed by atoms with Gasteiger partial charge in [0, 0.05) is 67.4 Å². The van der Waals surface area contributed by atoms with E-state index in [0.29, 0.717) is 37.0 Å². The molecule has 0 atom stereocenters. The predicted molar refractivity (Wildman–Crippen MR) is 166 cm³/mol. The monoisotopic (exact) mass is 576 g/mol. The van der Waals surface area contributed by atoms with Crippen molar-refractivity contribution in [2.75, 3.05) is 30.5 Å². The normalized spacial score (nSPS) is 12.8. The second-order valence-electron chi connectivity index (χ2n) is 10.4. The maximum absolute atomic E-state index is 13.6. The van der Waals surface area contributed by atoms with Gasteiger partial charge in [-0.2, -0.15) is 5.10 Å². The SMILES string of the molecule is COCCNC(=O)/C=C/c1cccc2c1CN(c1cccc3c(-c4nc(Nc5cc(C)n(C)n5)ncc4C)c[nH]c13)C2=O. The van der Waals surface area contributed by atoms with Crippen LogP contribution in [0.2, 0.25) is 0 Å². The van der Waals surface area contributed by atoms with Gasteiger partial charge in [0.2, 0.25) is 11.9 Å². The van der Waals surface area contributed by atoms with Crippen molar-refractivity contribution in [1.29, 1.82) is 0 Å². The molecule has 11 nitrogen and oxygen atoms in total. The van der Waals surface area contributed by atoms with E-state index in [1.807, 2.05) is 69.6 Å². The van der Waals surface area contributed by atoms with E-state index in [4.69, 9.17) is 9.72 Å². The Labute approximate surface area is 248 Å². The average Bonchev–Trinajstić information content (AvgIpc) is 3.68. The van der Waals surface area contributed by atoms with Crippen LogP contribution in [0.15, 0.2) is 60.9 Å². The first-order chi connectivity index (χ1) is 20.8. The molecule has 1 aliphatic heterocycles. The minimum atomic E-state index is -0.215. The number of para-hydroxylation sites is 1. The predicted octanol–water partition coefficient (Wildman–Crippen LogP) is 4.66. The molecule has 1 aliphatic rings. The van der Waals surface area contributed by atoms with Gasteiger partial charge in [-0.25, -0.2) is 9.97 Å². The van der Waals surface area contributed by atoms with E-state index in [9.17, 15) is 9.59 Å². The van der Waals surface area contributed by atoms with Gasteiger partial charge in [-0.3, -0.25) is 14.3 Å². The summed E-state index contributed by atoms with van der Waals surface area (Å²) in [6.45, 7) is 5.21. The van der Waals surface area contributed by atoms with Gasteiger partial charge < -0.3 is 25.3 Å². The maximum Gasteiger partial charge on any atom is 0.259 e. The molecule has 4 heterocycles. The number of anilines is 3. The lowest BCUT2D eigenvalue weighted by atomic mass is 10.0. The molecule has 218 valence electrons. The summed E-state index contributed by atoms with van der Waals surface area (Å²) in [5.41, 5.74) is 7.56. The third kappa shape index (κ3) is 5.38. The molecular formula is C32H32N8O3. The number of methoxy groups -OCH3 is 1. The lowest BCUT2D eigenvalue weighted by Gasteiger charge is -2.17. The average molecular weight is 577 g/mol. The zero-order valence-electron chi connectivity index (χ0n) is 24.4. The summed E-state index contributed by atoms with van der Waals surface area (Å²) in [7, 11) is 3.47. The highest BCUT2D eigenvalue weighted by Gasteiger charge is 2.31. The molecule has 0 saturated carbocycles. The molecule has 3 N–H and O–H groups in total. The molecule has 0 aliphatic carbocycles. The highest BCUT2D eigenvalue weighted by atomic mass is 16.5. The van der Waals surface area contributed by atoms with E-state index < -0.39 is 0 Å². The van der Waals surface area contributed by atoms with Gasteiger partial charge >= 0.3 is 0 Å². The van der Waals surface area contributed by atoms with E-state index in [1.165, 1.54) is 6.08 Å². The number of nitrogens with one attached hydrogen (secondary N) is 3. The Morgan fingerprint density at radius 2 is 2.00 bits per heavy atom. The quantitative estimate of drug-likeness (QED) is 0.172. The van der Waals surface area contributed by atoms with Crippen LogP contribution in [0.3, 0.4) is 0 Å². The summed E-state index contributed by atoms with van der Waals surface area (Å²) in [5, 5.41) is 11.4. The Morgan fingerprint density at radius 3 is 2.79 bits per heavy atom. The number of aromatic nitrogens is 5. The highest BCUT2D eigenvalue weighted by molar-refractivity contribution is 6.15. The van der Waals surface area contributed by atoms with Crippen molar-refractivity contribution in [3.8, 4) is 11.3 Å². The largest absolute Gasteiger partial charge is 0.383 e. The van der Waals surface area contributed by atoms with E-state index in [-0.39, 0.29) is 11.8 Å². The summed E-state index contributed by atoms with van der Waals surface area (Å²) in [6, 6.07) is 13.4. The number of nitrogens with zero attached hydrogens (tertiary/aromatic N) is 5. The fraction of sp³-hybridized carbons (Fsp3) is 0.219. The van der Waals surface area contributed by atoms with Crippen molar-refractivity contribution in [1.82, 2.24) is 30.0 Å². The molecule has 43 heavy (non-hydrogen) atoms. The van der Waals surface area contributed by atoms with Crippen LogP contribution in [-0.4, -0.2) is 56.8 Å². The first-order valence-corrected chi connectivity index (χ1v) is 13.9. The summed E-state index contributed by atoms with van der Waals surface area (Å²) >= 11 is 0. The van der Waals surface area contributed by atoms with Gasteiger partial charge in [-0.15, -0.1) is 0 Å². The van der Waals surface area contributed by atoms with E-state index in [0.717, 1.165) is 50.2 Å². The molecule has 0 saturated heterocycles. The summed E-state index contributed by atoms with van der Waals surface area (Å²) < 4.78 is 6.77. The molecule has 0 radical (unpaired) electrons. The fourth-order valence-corrected chi connectivity index (χ4v) is 5.28. The molecule has 0 unspecified atom stereocenters. The molecular weight excluding hydrogens is 544 g/mol. The lowest BCUT2D eigenvalue weighted by molar-refractivity contribution is -0.116. The first-order valence-electron chi connectivity index (χ1n) is 13.9. The van der Waals surface area contributed by atoms with E-state index in [2.05, 4.69) is 25.7 Å². The Bertz CT molecular complexity index is 1870. The third-order valence-electron chi connectivity index (χ3n) is 7.59. The maximum atomic E-state index is 13.6. The number of carbonyl (C=O) groups is 2. The molecule has 0 bridgehead atoms. The Hall–Kier alpha value is -5.29. The van der Waals surface area contributed by atoms with Crippen molar-refractivity contribution >= 4 is 46.2 Å². The number of H-pyrrole nitrogens is 1. The molecule has 6 rings (SSSR count). The molecule has 5 aromatic rings. The van der Waals surface area contributed by atoms with Crippen LogP contribution in [0.4, 0.5) is 17.5 Å². The zero-order chi connectivity index (χ0) is 30.1. The van der Waals surface area contributed by atoms with Crippen LogP contribution < -0.4 is 15.5 Å². The number of ether oxygens (including phenoxy) is 1. The van der Waals surface area contributed by atoms with Crippen LogP contribution in [-0.2, 0) is 23.1 Å². The second kappa shape index (κ2) is 11.5. The van der Waals surface area contributed by atoms with E-state index >= 15 is 0 Å². The highest BCUT2D eigenvalue weighted by Crippen LogP contribution is 2.38. The number of amides is 2. The van der Waals surface area contributed by atoms with E-state index in [1.54, 1.807) is 29.0 Å². The molecule has 2 amide bonds. The molecule has 2 aromatic carbocycles. The van der Waals surface area contributed by atoms with Gasteiger partial charge in [0.25, 0.3) is 5.91 Å². The van der Waals surface area contributed by atoms with Gasteiger partial charge in [0.15, 0.2) is 5.82 Å². The lowest BCUT2D eigenvalue weighted by Crippen LogP contribution is -2.24. The van der Waals surface area contributed by atoms with Crippen molar-refractivity contribution < 1.29 is 14.3 Å². The molecule has 0 spiro atoms. The molecule has 3 aromatic heterocycles. The number of rotatable bonds is 9. The van der Waals surface area contributed by atoms with Crippen LogP contribution >= 0.6 is 0 Å². The van der Waals surface area contributed by atoms with Crippen molar-refractivity contribution in [3.05, 3.63) is 88.9 Å². The van der Waals surface area contributed by atoms with Gasteiger partial charge in [-0.1, -0.05) is 24.3 Å². The summed E-state index contributed by atoms with van der Waals surface area (Å²) in [6.07, 6.45) is 6.94. The number of fused-ring (bicyclic) bond motifs is 2. The van der Waals surface area contributed by atoms with Crippen molar-refractivity contribution in [2.45, 2.75) is 20.4 Å². The number of aryl methyl sites for hydroxylation is 3. The number of hydrogen-bond acceptors (Lipinski definition) is 7. The summed E-state index contributed by atoms with van der Waals surface area (Å²) in [5.74, 6) is 0.813. The van der Waals surface area contributed by atoms with Crippen molar-refractivity contribution in [3.63, 3.8) is 0 Å². The number of carbonyl (C=O) groups excluding carboxylic acids is 2. The Morgan fingerprint density at radius 1 is 1.16 bits per heavy atom. The minimum absolute atomic E-state index is 0.0891. The Balaban J connectivity index is 1.30. The van der Waals surface area contributed by atoms with Crippen LogP contribution in [0.5, 0.6) is 0 Å². The van der Waals surface area contributed by atoms with Crippen molar-refractivity contribution in [2.24, 2.45) is 7.05 Å². The number of benzene rings is 2. The third-order valence-corrected chi connectivity index (χ3v) is 7.59. The zero-order valence-corrected chi connectivity index (χ0v) is 24.4. The first kappa shape index (κ1) is 27.9. The summed E-state index contributed by atoms with van der Waals surface area (Å²) in [4.78, 5) is 40.3. The Kier molecular flexibility index (Phi) is 7.47. The molecule has 0 fully saturated rings. The minimum Gasteiger partial charge on any atom is -0.383 e. The number of aromatic amines is 1. The van der Waals surface area contributed by atoms with Crippen LogP contribution in [0.25, 0.3) is 28.2 Å². The van der Waals surface area contributed by atoms with Crippen LogP contribution in [0.1, 0.15) is 32.7 Å². The molecule has 11 heteroatoms. The van der Waals surface area contributed by atoms with Crippen LogP contribution in [0, 0.1) is 13.8 Å². The second-order valence-corrected chi connectivity index (χ2v) is 10.4. The van der Waals surface area contributed by atoms with Gasteiger partial charge in [0.1, 0.15) is 0 Å². The topological polar surface area (TPSA) is 130 Å². The number of hydrogen-bond donors (Lipinski definition) is 3.